The molecule has 0 spiro atoms. The van der Waals surface area contributed by atoms with E-state index in [4.69, 9.17) is 0 Å². The van der Waals surface area contributed by atoms with Crippen LogP contribution in [-0.2, 0) is 0 Å². The first-order chi connectivity index (χ1) is 6.97. The van der Waals surface area contributed by atoms with Crippen molar-refractivity contribution >= 4 is 0 Å². The van der Waals surface area contributed by atoms with Crippen LogP contribution in [0, 0.1) is 11.8 Å². The third kappa shape index (κ3) is 7.41. The summed E-state index contributed by atoms with van der Waals surface area (Å²) in [6.45, 7) is 13.6. The summed E-state index contributed by atoms with van der Waals surface area (Å²) < 4.78 is 0. The van der Waals surface area contributed by atoms with Crippen molar-refractivity contribution in [3.8, 4) is 0 Å². The molecular weight excluding hydrogens is 180 g/mol. The van der Waals surface area contributed by atoms with Crippen LogP contribution in [0.1, 0.15) is 60.8 Å². The molecule has 0 fully saturated rings. The van der Waals surface area contributed by atoms with Crippen LogP contribution in [0.15, 0.2) is 23.3 Å². The van der Waals surface area contributed by atoms with Gasteiger partial charge in [-0.2, -0.15) is 0 Å². The zero-order chi connectivity index (χ0) is 11.8. The van der Waals surface area contributed by atoms with Crippen molar-refractivity contribution in [2.45, 2.75) is 60.8 Å². The predicted octanol–water partition coefficient (Wildman–Crippen LogP) is 5.36. The van der Waals surface area contributed by atoms with Gasteiger partial charge >= 0.3 is 0 Å². The minimum atomic E-state index is 0.730. The van der Waals surface area contributed by atoms with Gasteiger partial charge in [0, 0.05) is 0 Å². The molecule has 0 bridgehead atoms. The van der Waals surface area contributed by atoms with Gasteiger partial charge in [0.25, 0.3) is 0 Å². The first kappa shape index (κ1) is 14.5. The van der Waals surface area contributed by atoms with Gasteiger partial charge in [-0.1, -0.05) is 57.4 Å². The van der Waals surface area contributed by atoms with Gasteiger partial charge in [-0.05, 0) is 38.5 Å². The van der Waals surface area contributed by atoms with Crippen LogP contribution in [0.4, 0.5) is 0 Å². The molecule has 0 radical (unpaired) electrons. The van der Waals surface area contributed by atoms with E-state index in [1.165, 1.54) is 24.0 Å². The van der Waals surface area contributed by atoms with E-state index >= 15 is 0 Å². The fourth-order valence-corrected chi connectivity index (χ4v) is 1.37. The maximum absolute atomic E-state index is 2.34. The Kier molecular flexibility index (Phi) is 7.46. The summed E-state index contributed by atoms with van der Waals surface area (Å²) in [6.07, 6.45) is 8.37. The lowest BCUT2D eigenvalue weighted by Gasteiger charge is -2.13. The van der Waals surface area contributed by atoms with E-state index in [9.17, 15) is 0 Å². The van der Waals surface area contributed by atoms with Gasteiger partial charge < -0.3 is 0 Å². The molecule has 1 unspecified atom stereocenters. The average Bonchev–Trinajstić information content (AvgIpc) is 2.21. The second-order valence-corrected chi connectivity index (χ2v) is 5.15. The molecule has 0 aliphatic carbocycles. The van der Waals surface area contributed by atoms with E-state index in [0.717, 1.165) is 18.3 Å². The summed E-state index contributed by atoms with van der Waals surface area (Å²) >= 11 is 0. The van der Waals surface area contributed by atoms with E-state index in [-0.39, 0.29) is 0 Å². The fraction of sp³-hybridized carbons (Fsp3) is 0.733. The third-order valence-corrected chi connectivity index (χ3v) is 3.14. The monoisotopic (exact) mass is 208 g/mol. The van der Waals surface area contributed by atoms with Gasteiger partial charge in [0.15, 0.2) is 0 Å². The molecule has 0 aliphatic heterocycles. The van der Waals surface area contributed by atoms with Gasteiger partial charge in [-0.25, -0.2) is 0 Å². The van der Waals surface area contributed by atoms with E-state index in [2.05, 4.69) is 53.7 Å². The van der Waals surface area contributed by atoms with Crippen molar-refractivity contribution in [3.05, 3.63) is 23.3 Å². The fourth-order valence-electron chi connectivity index (χ4n) is 1.37. The van der Waals surface area contributed by atoms with Gasteiger partial charge in [-0.15, -0.1) is 0 Å². The second kappa shape index (κ2) is 7.73. The van der Waals surface area contributed by atoms with Gasteiger partial charge in [0.2, 0.25) is 0 Å². The van der Waals surface area contributed by atoms with Gasteiger partial charge in [0.05, 0.1) is 0 Å². The first-order valence-electron chi connectivity index (χ1n) is 6.31. The van der Waals surface area contributed by atoms with Gasteiger partial charge in [0.1, 0.15) is 0 Å². The molecule has 0 aromatic carbocycles. The molecule has 0 nitrogen and oxygen atoms in total. The van der Waals surface area contributed by atoms with Crippen molar-refractivity contribution < 1.29 is 0 Å². The molecule has 0 saturated carbocycles. The van der Waals surface area contributed by atoms with E-state index in [1.54, 1.807) is 0 Å². The highest BCUT2D eigenvalue weighted by Crippen LogP contribution is 2.19. The minimum absolute atomic E-state index is 0.730. The molecule has 0 N–H and O–H groups in total. The lowest BCUT2D eigenvalue weighted by Crippen LogP contribution is -1.99. The molecule has 0 heteroatoms. The molecule has 0 saturated heterocycles. The molecule has 0 aromatic rings. The SMILES string of the molecule is CC/C(C)=C/C=C(\C)C(C)CCC(C)C. The number of rotatable bonds is 6. The van der Waals surface area contributed by atoms with E-state index in [1.807, 2.05) is 0 Å². The van der Waals surface area contributed by atoms with Crippen molar-refractivity contribution in [1.29, 1.82) is 0 Å². The largest absolute Gasteiger partial charge is 0.0736 e. The van der Waals surface area contributed by atoms with Crippen LogP contribution >= 0.6 is 0 Å². The zero-order valence-corrected chi connectivity index (χ0v) is 11.4. The molecule has 0 amide bonds. The maximum Gasteiger partial charge on any atom is -0.0231 e. The molecule has 0 heterocycles. The molecule has 0 aliphatic rings. The lowest BCUT2D eigenvalue weighted by atomic mass is 9.93. The smallest absolute Gasteiger partial charge is 0.0231 e. The maximum atomic E-state index is 2.34. The molecular formula is C15H28. The van der Waals surface area contributed by atoms with E-state index < -0.39 is 0 Å². The van der Waals surface area contributed by atoms with Gasteiger partial charge in [-0.3, -0.25) is 0 Å². The molecule has 88 valence electrons. The Bertz CT molecular complexity index is 218. The normalized spacial score (nSPS) is 15.9. The summed E-state index contributed by atoms with van der Waals surface area (Å²) in [6, 6.07) is 0. The van der Waals surface area contributed by atoms with Crippen LogP contribution in [0.3, 0.4) is 0 Å². The Morgan fingerprint density at radius 2 is 1.60 bits per heavy atom. The number of allylic oxidation sites excluding steroid dienone is 4. The zero-order valence-electron chi connectivity index (χ0n) is 11.4. The minimum Gasteiger partial charge on any atom is -0.0736 e. The van der Waals surface area contributed by atoms with Crippen LogP contribution in [-0.4, -0.2) is 0 Å². The third-order valence-electron chi connectivity index (χ3n) is 3.14. The summed E-state index contributed by atoms with van der Waals surface area (Å²) in [7, 11) is 0. The standard InChI is InChI=1S/C15H28/c1-7-13(4)9-11-15(6)14(5)10-8-12(2)3/h9,11-12,14H,7-8,10H2,1-6H3/b13-9+,15-11+. The predicted molar refractivity (Wildman–Crippen MR) is 71.0 cm³/mol. The summed E-state index contributed by atoms with van der Waals surface area (Å²) in [4.78, 5) is 0. The Morgan fingerprint density at radius 3 is 2.07 bits per heavy atom. The second-order valence-electron chi connectivity index (χ2n) is 5.15. The quantitative estimate of drug-likeness (QED) is 0.515. The van der Waals surface area contributed by atoms with Crippen molar-refractivity contribution in [1.82, 2.24) is 0 Å². The van der Waals surface area contributed by atoms with Crippen molar-refractivity contribution in [2.75, 3.05) is 0 Å². The highest BCUT2D eigenvalue weighted by molar-refractivity contribution is 5.16. The Balaban J connectivity index is 4.13. The molecule has 1 atom stereocenters. The van der Waals surface area contributed by atoms with Crippen LogP contribution in [0.5, 0.6) is 0 Å². The summed E-state index contributed by atoms with van der Waals surface area (Å²) in [5.74, 6) is 1.56. The number of hydrogen-bond donors (Lipinski definition) is 0. The Hall–Kier alpha value is -0.520. The molecule has 15 heavy (non-hydrogen) atoms. The van der Waals surface area contributed by atoms with Crippen molar-refractivity contribution in [2.24, 2.45) is 11.8 Å². The molecule has 0 aromatic heterocycles. The summed E-state index contributed by atoms with van der Waals surface area (Å²) in [5.41, 5.74) is 2.98. The number of hydrogen-bond acceptors (Lipinski definition) is 0. The Morgan fingerprint density at radius 1 is 1.00 bits per heavy atom. The van der Waals surface area contributed by atoms with Crippen LogP contribution in [0.25, 0.3) is 0 Å². The van der Waals surface area contributed by atoms with E-state index in [0.29, 0.717) is 0 Å². The summed E-state index contributed by atoms with van der Waals surface area (Å²) in [5, 5.41) is 0. The Labute approximate surface area is 96.5 Å². The van der Waals surface area contributed by atoms with Crippen LogP contribution in [0.2, 0.25) is 0 Å². The average molecular weight is 208 g/mol. The highest BCUT2D eigenvalue weighted by Gasteiger charge is 2.04. The topological polar surface area (TPSA) is 0 Å². The van der Waals surface area contributed by atoms with Crippen molar-refractivity contribution in [3.63, 3.8) is 0 Å². The van der Waals surface area contributed by atoms with Crippen LogP contribution < -0.4 is 0 Å². The highest BCUT2D eigenvalue weighted by atomic mass is 14.1. The molecule has 0 rings (SSSR count). The lowest BCUT2D eigenvalue weighted by molar-refractivity contribution is 0.489. The first-order valence-corrected chi connectivity index (χ1v) is 6.31.